The number of hydrogen-bond donors (Lipinski definition) is 1. The number of hydrogen-bond acceptors (Lipinski definition) is 7. The van der Waals surface area contributed by atoms with Gasteiger partial charge in [-0.3, -0.25) is 14.5 Å². The van der Waals surface area contributed by atoms with Crippen molar-refractivity contribution in [3.05, 3.63) is 70.1 Å². The molecule has 1 N–H and O–H groups in total. The Morgan fingerprint density at radius 2 is 2.00 bits per heavy atom. The van der Waals surface area contributed by atoms with Crippen molar-refractivity contribution in [2.24, 2.45) is 0 Å². The number of carbonyl (C=O) groups excluding carboxylic acids is 1. The standard InChI is InChI=1S/C25H26N4O3S2/c1-15(2)32-21-16(8-7-9-18(21)31-6)10-11-17-20(29-12-13-33-24(29)26-17)22(30)28-23-27-19(14-34-23)25(3,4)5/h7-14H,1H2,2-6H3,(H,27,28,30). The van der Waals surface area contributed by atoms with Crippen LogP contribution in [0.3, 0.4) is 0 Å². The van der Waals surface area contributed by atoms with E-state index in [1.165, 1.54) is 22.7 Å². The van der Waals surface area contributed by atoms with E-state index < -0.39 is 0 Å². The van der Waals surface area contributed by atoms with E-state index in [2.05, 4.69) is 42.6 Å². The van der Waals surface area contributed by atoms with Crippen LogP contribution in [-0.2, 0) is 5.41 Å². The summed E-state index contributed by atoms with van der Waals surface area (Å²) in [5.74, 6) is 1.41. The lowest BCUT2D eigenvalue weighted by atomic mass is 9.93. The van der Waals surface area contributed by atoms with Crippen molar-refractivity contribution < 1.29 is 14.3 Å². The van der Waals surface area contributed by atoms with E-state index in [0.717, 1.165) is 16.2 Å². The Kier molecular flexibility index (Phi) is 6.58. The summed E-state index contributed by atoms with van der Waals surface area (Å²) in [6.07, 6.45) is 5.49. The molecule has 3 aromatic heterocycles. The zero-order valence-corrected chi connectivity index (χ0v) is 21.3. The van der Waals surface area contributed by atoms with Gasteiger partial charge in [0.25, 0.3) is 5.91 Å². The molecule has 0 radical (unpaired) electrons. The second-order valence-electron chi connectivity index (χ2n) is 8.66. The van der Waals surface area contributed by atoms with Crippen LogP contribution in [0, 0.1) is 0 Å². The van der Waals surface area contributed by atoms with Gasteiger partial charge >= 0.3 is 0 Å². The second kappa shape index (κ2) is 9.44. The average molecular weight is 495 g/mol. The van der Waals surface area contributed by atoms with Crippen molar-refractivity contribution in [2.45, 2.75) is 33.1 Å². The fourth-order valence-electron chi connectivity index (χ4n) is 3.25. The molecule has 9 heteroatoms. The van der Waals surface area contributed by atoms with E-state index in [-0.39, 0.29) is 11.3 Å². The zero-order chi connectivity index (χ0) is 24.5. The van der Waals surface area contributed by atoms with Crippen LogP contribution in [0.5, 0.6) is 11.5 Å². The summed E-state index contributed by atoms with van der Waals surface area (Å²) in [5.41, 5.74) is 2.60. The summed E-state index contributed by atoms with van der Waals surface area (Å²) in [6, 6.07) is 5.60. The first-order valence-electron chi connectivity index (χ1n) is 10.6. The van der Waals surface area contributed by atoms with Crippen LogP contribution in [0.4, 0.5) is 5.13 Å². The molecule has 0 aliphatic carbocycles. The molecule has 7 nitrogen and oxygen atoms in total. The number of allylic oxidation sites excluding steroid dienone is 1. The monoisotopic (exact) mass is 494 g/mol. The number of rotatable bonds is 7. The Balaban J connectivity index is 1.69. The third-order valence-electron chi connectivity index (χ3n) is 4.92. The summed E-state index contributed by atoms with van der Waals surface area (Å²) in [4.78, 5) is 23.3. The highest BCUT2D eigenvalue weighted by molar-refractivity contribution is 7.15. The molecular weight excluding hydrogens is 468 g/mol. The maximum atomic E-state index is 13.3. The van der Waals surface area contributed by atoms with Crippen molar-refractivity contribution in [2.75, 3.05) is 12.4 Å². The minimum absolute atomic E-state index is 0.0923. The third-order valence-corrected chi connectivity index (χ3v) is 6.44. The molecule has 0 fully saturated rings. The van der Waals surface area contributed by atoms with Crippen LogP contribution in [0.2, 0.25) is 0 Å². The normalized spacial score (nSPS) is 11.8. The van der Waals surface area contributed by atoms with Gasteiger partial charge in [-0.15, -0.1) is 22.7 Å². The topological polar surface area (TPSA) is 77.8 Å². The van der Waals surface area contributed by atoms with E-state index in [4.69, 9.17) is 9.47 Å². The van der Waals surface area contributed by atoms with Gasteiger partial charge in [0.2, 0.25) is 0 Å². The van der Waals surface area contributed by atoms with Crippen LogP contribution in [-0.4, -0.2) is 27.4 Å². The molecule has 0 aliphatic heterocycles. The number of amides is 1. The van der Waals surface area contributed by atoms with Crippen LogP contribution < -0.4 is 14.8 Å². The van der Waals surface area contributed by atoms with Gasteiger partial charge in [0.1, 0.15) is 5.69 Å². The van der Waals surface area contributed by atoms with E-state index in [0.29, 0.717) is 33.8 Å². The number of nitrogens with zero attached hydrogens (tertiary/aromatic N) is 3. The van der Waals surface area contributed by atoms with Crippen LogP contribution in [0.25, 0.3) is 17.1 Å². The van der Waals surface area contributed by atoms with E-state index in [9.17, 15) is 4.79 Å². The van der Waals surface area contributed by atoms with Crippen molar-refractivity contribution in [1.82, 2.24) is 14.4 Å². The first-order chi connectivity index (χ1) is 16.2. The lowest BCUT2D eigenvalue weighted by Crippen LogP contribution is -2.16. The van der Waals surface area contributed by atoms with Gasteiger partial charge in [0, 0.05) is 27.9 Å². The number of para-hydroxylation sites is 1. The number of methoxy groups -OCH3 is 1. The molecule has 0 unspecified atom stereocenters. The van der Waals surface area contributed by atoms with Gasteiger partial charge < -0.3 is 9.47 Å². The smallest absolute Gasteiger partial charge is 0.276 e. The fraction of sp³-hybridized carbons (Fsp3) is 0.240. The molecule has 176 valence electrons. The van der Waals surface area contributed by atoms with Crippen LogP contribution >= 0.6 is 22.7 Å². The van der Waals surface area contributed by atoms with Crippen molar-refractivity contribution in [3.8, 4) is 11.5 Å². The summed E-state index contributed by atoms with van der Waals surface area (Å²) < 4.78 is 13.0. The number of anilines is 1. The molecule has 3 heterocycles. The zero-order valence-electron chi connectivity index (χ0n) is 19.7. The number of nitrogens with one attached hydrogen (secondary N) is 1. The predicted octanol–water partition coefficient (Wildman–Crippen LogP) is 6.49. The Morgan fingerprint density at radius 3 is 2.68 bits per heavy atom. The highest BCUT2D eigenvalue weighted by Crippen LogP contribution is 2.34. The van der Waals surface area contributed by atoms with Gasteiger partial charge in [-0.05, 0) is 25.1 Å². The molecular formula is C25H26N4O3S2. The summed E-state index contributed by atoms with van der Waals surface area (Å²) in [6.45, 7) is 11.9. The molecule has 0 bridgehead atoms. The molecule has 1 amide bonds. The largest absolute Gasteiger partial charge is 0.493 e. The Morgan fingerprint density at radius 1 is 1.21 bits per heavy atom. The van der Waals surface area contributed by atoms with Crippen LogP contribution in [0.15, 0.2) is 47.5 Å². The number of imidazole rings is 1. The quantitative estimate of drug-likeness (QED) is 0.297. The number of benzene rings is 1. The highest BCUT2D eigenvalue weighted by Gasteiger charge is 2.22. The number of fused-ring (bicyclic) bond motifs is 1. The number of ether oxygens (including phenoxy) is 2. The molecule has 0 saturated carbocycles. The Bertz CT molecular complexity index is 1390. The number of aromatic nitrogens is 3. The Hall–Kier alpha value is -3.43. The molecule has 1 aromatic carbocycles. The maximum Gasteiger partial charge on any atom is 0.276 e. The van der Waals surface area contributed by atoms with Crippen LogP contribution in [0.1, 0.15) is 55.1 Å². The second-order valence-corrected chi connectivity index (χ2v) is 10.4. The molecule has 0 saturated heterocycles. The van der Waals surface area contributed by atoms with Gasteiger partial charge in [-0.2, -0.15) is 0 Å². The van der Waals surface area contributed by atoms with E-state index in [1.807, 2.05) is 41.2 Å². The summed E-state index contributed by atoms with van der Waals surface area (Å²) in [5, 5.41) is 7.36. The van der Waals surface area contributed by atoms with Gasteiger partial charge in [-0.25, -0.2) is 9.97 Å². The number of thiazole rings is 2. The predicted molar refractivity (Wildman–Crippen MR) is 139 cm³/mol. The summed E-state index contributed by atoms with van der Waals surface area (Å²) >= 11 is 2.87. The number of carbonyl (C=O) groups is 1. The van der Waals surface area contributed by atoms with Gasteiger partial charge in [0.05, 0.1) is 24.3 Å². The van der Waals surface area contributed by atoms with Crippen molar-refractivity contribution in [1.29, 1.82) is 0 Å². The van der Waals surface area contributed by atoms with Crippen molar-refractivity contribution >= 4 is 50.8 Å². The molecule has 34 heavy (non-hydrogen) atoms. The molecule has 4 aromatic rings. The average Bonchev–Trinajstić information content (AvgIpc) is 3.48. The first-order valence-corrected chi connectivity index (χ1v) is 12.3. The minimum Gasteiger partial charge on any atom is -0.493 e. The Labute approximate surface area is 206 Å². The van der Waals surface area contributed by atoms with E-state index >= 15 is 0 Å². The first kappa shape index (κ1) is 23.7. The van der Waals surface area contributed by atoms with Gasteiger partial charge in [-0.1, -0.05) is 39.5 Å². The third kappa shape index (κ3) is 4.90. The molecule has 4 rings (SSSR count). The summed E-state index contributed by atoms with van der Waals surface area (Å²) in [7, 11) is 1.59. The highest BCUT2D eigenvalue weighted by atomic mass is 32.1. The molecule has 0 atom stereocenters. The molecule has 0 aliphatic rings. The SMILES string of the molecule is C=C(C)Oc1c(C=Cc2nc3sccn3c2C(=O)Nc2nc(C(C)(C)C)cs2)cccc1OC. The minimum atomic E-state index is -0.274. The molecule has 0 spiro atoms. The lowest BCUT2D eigenvalue weighted by Gasteiger charge is -2.14. The van der Waals surface area contributed by atoms with Gasteiger partial charge in [0.15, 0.2) is 21.6 Å². The van der Waals surface area contributed by atoms with Crippen molar-refractivity contribution in [3.63, 3.8) is 0 Å². The van der Waals surface area contributed by atoms with E-state index in [1.54, 1.807) is 24.5 Å². The fourth-order valence-corrected chi connectivity index (χ4v) is 4.91. The lowest BCUT2D eigenvalue weighted by molar-refractivity contribution is 0.102. The maximum absolute atomic E-state index is 13.3.